The Hall–Kier alpha value is -2.49. The second kappa shape index (κ2) is 6.54. The molecule has 28 heavy (non-hydrogen) atoms. The Kier molecular flexibility index (Phi) is 4.40. The van der Waals surface area contributed by atoms with Crippen molar-refractivity contribution < 1.29 is 21.6 Å². The summed E-state index contributed by atoms with van der Waals surface area (Å²) in [7, 11) is -3.59. The molecular formula is C18H17F3N4O2S. The maximum atomic E-state index is 12.9. The summed E-state index contributed by atoms with van der Waals surface area (Å²) in [5.74, 6) is 0.190. The van der Waals surface area contributed by atoms with Crippen molar-refractivity contribution in [3.05, 3.63) is 41.9 Å². The molecule has 0 radical (unpaired) electrons. The molecule has 0 spiro atoms. The molecular weight excluding hydrogens is 393 g/mol. The summed E-state index contributed by atoms with van der Waals surface area (Å²) < 4.78 is 64.9. The van der Waals surface area contributed by atoms with Crippen LogP contribution in [0.2, 0.25) is 0 Å². The maximum absolute atomic E-state index is 12.9. The van der Waals surface area contributed by atoms with E-state index in [9.17, 15) is 21.6 Å². The lowest BCUT2D eigenvalue weighted by Gasteiger charge is -2.26. The van der Waals surface area contributed by atoms with Gasteiger partial charge in [0.15, 0.2) is 21.2 Å². The predicted molar refractivity (Wildman–Crippen MR) is 95.5 cm³/mol. The van der Waals surface area contributed by atoms with E-state index in [2.05, 4.69) is 15.1 Å². The lowest BCUT2D eigenvalue weighted by Crippen LogP contribution is -2.13. The van der Waals surface area contributed by atoms with Crippen molar-refractivity contribution in [2.45, 2.75) is 43.2 Å². The van der Waals surface area contributed by atoms with Crippen molar-refractivity contribution in [3.63, 3.8) is 0 Å². The molecule has 0 unspecified atom stereocenters. The van der Waals surface area contributed by atoms with Gasteiger partial charge in [0.05, 0.1) is 16.3 Å². The Morgan fingerprint density at radius 2 is 2.00 bits per heavy atom. The average Bonchev–Trinajstić information content (AvgIpc) is 3.04. The fraction of sp³-hybridized carbons (Fsp3) is 0.389. The molecule has 6 nitrogen and oxygen atoms in total. The van der Waals surface area contributed by atoms with Gasteiger partial charge >= 0.3 is 6.18 Å². The average molecular weight is 410 g/mol. The van der Waals surface area contributed by atoms with Crippen LogP contribution in [-0.2, 0) is 16.0 Å². The van der Waals surface area contributed by atoms with E-state index in [0.29, 0.717) is 5.92 Å². The maximum Gasteiger partial charge on any atom is 0.435 e. The third-order valence-electron chi connectivity index (χ3n) is 5.02. The molecule has 0 amide bonds. The summed E-state index contributed by atoms with van der Waals surface area (Å²) in [6.45, 7) is 1.54. The summed E-state index contributed by atoms with van der Waals surface area (Å²) in [5, 5.41) is 3.45. The minimum atomic E-state index is -4.59. The number of aromatic nitrogens is 4. The van der Waals surface area contributed by atoms with Gasteiger partial charge in [-0.1, -0.05) is 13.3 Å². The number of rotatable bonds is 4. The van der Waals surface area contributed by atoms with Crippen LogP contribution in [0.25, 0.3) is 17.0 Å². The topological polar surface area (TPSA) is 77.2 Å². The third kappa shape index (κ3) is 3.25. The summed E-state index contributed by atoms with van der Waals surface area (Å²) in [6, 6.07) is 3.87. The number of hydrogen-bond donors (Lipinski definition) is 0. The molecule has 0 aliphatic heterocycles. The first kappa shape index (κ1) is 18.9. The van der Waals surface area contributed by atoms with Crippen molar-refractivity contribution >= 4 is 15.5 Å². The van der Waals surface area contributed by atoms with Crippen LogP contribution >= 0.6 is 0 Å². The van der Waals surface area contributed by atoms with E-state index >= 15 is 0 Å². The Bertz CT molecular complexity index is 1150. The van der Waals surface area contributed by atoms with E-state index in [4.69, 9.17) is 0 Å². The first-order valence-corrected chi connectivity index (χ1v) is 10.5. The Morgan fingerprint density at radius 1 is 1.25 bits per heavy atom. The second-order valence-corrected chi connectivity index (χ2v) is 9.04. The van der Waals surface area contributed by atoms with Gasteiger partial charge in [0.1, 0.15) is 5.69 Å². The molecule has 1 fully saturated rings. The van der Waals surface area contributed by atoms with Crippen LogP contribution in [0.4, 0.5) is 13.2 Å². The molecule has 0 N–H and O–H groups in total. The van der Waals surface area contributed by atoms with Crippen LogP contribution < -0.4 is 0 Å². The fourth-order valence-electron chi connectivity index (χ4n) is 3.16. The Morgan fingerprint density at radius 3 is 2.61 bits per heavy atom. The second-order valence-electron chi connectivity index (χ2n) is 6.79. The summed E-state index contributed by atoms with van der Waals surface area (Å²) in [6.07, 6.45) is 1.45. The first-order valence-electron chi connectivity index (χ1n) is 8.86. The van der Waals surface area contributed by atoms with Gasteiger partial charge in [-0.25, -0.2) is 17.9 Å². The molecule has 1 aliphatic rings. The normalized spacial score (nSPS) is 15.7. The van der Waals surface area contributed by atoms with Crippen molar-refractivity contribution in [2.24, 2.45) is 0 Å². The number of alkyl halides is 3. The molecule has 148 valence electrons. The van der Waals surface area contributed by atoms with Gasteiger partial charge in [-0.15, -0.1) is 0 Å². The van der Waals surface area contributed by atoms with E-state index < -0.39 is 21.7 Å². The van der Waals surface area contributed by atoms with E-state index in [0.717, 1.165) is 35.4 Å². The van der Waals surface area contributed by atoms with Crippen LogP contribution in [-0.4, -0.2) is 33.8 Å². The highest BCUT2D eigenvalue weighted by Crippen LogP contribution is 2.38. The smallest absolute Gasteiger partial charge is 0.253 e. The van der Waals surface area contributed by atoms with Gasteiger partial charge in [0.2, 0.25) is 0 Å². The van der Waals surface area contributed by atoms with Gasteiger partial charge in [0, 0.05) is 18.5 Å². The molecule has 0 aromatic carbocycles. The SMILES string of the molecule is CCS(=O)(=O)c1cc(C2CCC2)cnc1-c1ccn2nc(C(F)(F)F)cc2n1. The van der Waals surface area contributed by atoms with Crippen LogP contribution in [0.15, 0.2) is 35.5 Å². The summed E-state index contributed by atoms with van der Waals surface area (Å²) in [5.41, 5.74) is 0.101. The third-order valence-corrected chi connectivity index (χ3v) is 6.76. The number of nitrogens with zero attached hydrogens (tertiary/aromatic N) is 4. The zero-order valence-corrected chi connectivity index (χ0v) is 15.8. The number of hydrogen-bond acceptors (Lipinski definition) is 5. The van der Waals surface area contributed by atoms with Crippen molar-refractivity contribution in [1.82, 2.24) is 19.6 Å². The van der Waals surface area contributed by atoms with Crippen LogP contribution in [0.3, 0.4) is 0 Å². The van der Waals surface area contributed by atoms with E-state index in [1.54, 1.807) is 19.2 Å². The molecule has 0 bridgehead atoms. The Balaban J connectivity index is 1.85. The lowest BCUT2D eigenvalue weighted by atomic mass is 9.81. The molecule has 3 aromatic heterocycles. The summed E-state index contributed by atoms with van der Waals surface area (Å²) in [4.78, 5) is 8.57. The molecule has 0 atom stereocenters. The fourth-order valence-corrected chi connectivity index (χ4v) is 4.24. The highest BCUT2D eigenvalue weighted by molar-refractivity contribution is 7.91. The van der Waals surface area contributed by atoms with Gasteiger partial charge in [-0.3, -0.25) is 4.98 Å². The molecule has 3 heterocycles. The Labute approximate surface area is 159 Å². The van der Waals surface area contributed by atoms with Gasteiger partial charge in [-0.05, 0) is 36.5 Å². The molecule has 0 saturated heterocycles. The van der Waals surface area contributed by atoms with Crippen molar-refractivity contribution in [2.75, 3.05) is 5.75 Å². The highest BCUT2D eigenvalue weighted by atomic mass is 32.2. The van der Waals surface area contributed by atoms with E-state index in [1.165, 1.54) is 12.3 Å². The molecule has 10 heteroatoms. The van der Waals surface area contributed by atoms with Crippen LogP contribution in [0, 0.1) is 0 Å². The standard InChI is InChI=1S/C18H17F3N4O2S/c1-2-28(26,27)14-8-12(11-4-3-5-11)10-22-17(14)13-6-7-25-16(23-13)9-15(24-25)18(19,20)21/h6-11H,2-5H2,1H3. The number of halogens is 3. The first-order chi connectivity index (χ1) is 13.2. The van der Waals surface area contributed by atoms with Gasteiger partial charge < -0.3 is 0 Å². The summed E-state index contributed by atoms with van der Waals surface area (Å²) >= 11 is 0. The van der Waals surface area contributed by atoms with Gasteiger partial charge in [-0.2, -0.15) is 18.3 Å². The minimum absolute atomic E-state index is 0.0328. The number of fused-ring (bicyclic) bond motifs is 1. The molecule has 1 aliphatic carbocycles. The minimum Gasteiger partial charge on any atom is -0.253 e. The van der Waals surface area contributed by atoms with Crippen LogP contribution in [0.5, 0.6) is 0 Å². The van der Waals surface area contributed by atoms with Crippen molar-refractivity contribution in [1.29, 1.82) is 0 Å². The molecule has 4 rings (SSSR count). The zero-order chi connectivity index (χ0) is 20.1. The molecule has 3 aromatic rings. The number of sulfone groups is 1. The predicted octanol–water partition coefficient (Wildman–Crippen LogP) is 3.87. The van der Waals surface area contributed by atoms with E-state index in [-0.39, 0.29) is 27.7 Å². The van der Waals surface area contributed by atoms with Gasteiger partial charge in [0.25, 0.3) is 0 Å². The van der Waals surface area contributed by atoms with Crippen LogP contribution in [0.1, 0.15) is 43.4 Å². The van der Waals surface area contributed by atoms with E-state index in [1.807, 2.05) is 0 Å². The quantitative estimate of drug-likeness (QED) is 0.653. The highest BCUT2D eigenvalue weighted by Gasteiger charge is 2.34. The number of pyridine rings is 1. The van der Waals surface area contributed by atoms with Crippen molar-refractivity contribution in [3.8, 4) is 11.4 Å². The largest absolute Gasteiger partial charge is 0.435 e. The zero-order valence-electron chi connectivity index (χ0n) is 14.9. The lowest BCUT2D eigenvalue weighted by molar-refractivity contribution is -0.141. The monoisotopic (exact) mass is 410 g/mol. The molecule has 1 saturated carbocycles.